The molecule has 1 fully saturated rings. The standard InChI is InChI=1S/C12H21N3S.ClH/c1-9(15(3)12-4-5-12)6-13-7-11-8-16-10(2)14-11;/h8-9,12-13H,4-7H2,1-3H3;1H. The van der Waals surface area contributed by atoms with E-state index >= 15 is 0 Å². The molecule has 17 heavy (non-hydrogen) atoms. The van der Waals surface area contributed by atoms with Gasteiger partial charge in [0.05, 0.1) is 10.7 Å². The van der Waals surface area contributed by atoms with E-state index in [1.165, 1.54) is 18.5 Å². The number of likely N-dealkylation sites (N-methyl/N-ethyl adjacent to an activating group) is 1. The minimum atomic E-state index is 0. The first kappa shape index (κ1) is 14.9. The molecule has 0 amide bonds. The van der Waals surface area contributed by atoms with E-state index in [0.717, 1.165) is 24.1 Å². The molecule has 0 saturated heterocycles. The Balaban J connectivity index is 0.00000144. The number of thiazole rings is 1. The SMILES string of the molecule is Cc1nc(CNCC(C)N(C)C2CC2)cs1.Cl. The van der Waals surface area contributed by atoms with Gasteiger partial charge in [-0.15, -0.1) is 23.7 Å². The molecule has 1 aliphatic rings. The molecule has 0 bridgehead atoms. The Labute approximate surface area is 114 Å². The van der Waals surface area contributed by atoms with E-state index in [1.807, 2.05) is 0 Å². The van der Waals surface area contributed by atoms with Crippen molar-refractivity contribution < 1.29 is 0 Å². The van der Waals surface area contributed by atoms with Crippen LogP contribution in [0.1, 0.15) is 30.5 Å². The lowest BCUT2D eigenvalue weighted by atomic mass is 10.3. The molecule has 5 heteroatoms. The average Bonchev–Trinajstić information content (AvgIpc) is 3.02. The Bertz CT molecular complexity index is 338. The molecule has 1 unspecified atom stereocenters. The van der Waals surface area contributed by atoms with Gasteiger partial charge in [0, 0.05) is 30.6 Å². The summed E-state index contributed by atoms with van der Waals surface area (Å²) in [5.74, 6) is 0. The maximum absolute atomic E-state index is 4.44. The Hall–Kier alpha value is -0.160. The van der Waals surface area contributed by atoms with Crippen molar-refractivity contribution in [2.45, 2.75) is 45.3 Å². The molecule has 0 aliphatic heterocycles. The summed E-state index contributed by atoms with van der Waals surface area (Å²) in [6, 6.07) is 1.46. The number of rotatable bonds is 6. The molecule has 1 heterocycles. The lowest BCUT2D eigenvalue weighted by Crippen LogP contribution is -2.38. The first-order valence-electron chi connectivity index (χ1n) is 6.00. The van der Waals surface area contributed by atoms with Gasteiger partial charge in [-0.2, -0.15) is 0 Å². The van der Waals surface area contributed by atoms with Gasteiger partial charge >= 0.3 is 0 Å². The first-order valence-corrected chi connectivity index (χ1v) is 6.88. The van der Waals surface area contributed by atoms with Gasteiger partial charge in [-0.25, -0.2) is 4.98 Å². The van der Waals surface area contributed by atoms with Gasteiger partial charge in [0.2, 0.25) is 0 Å². The van der Waals surface area contributed by atoms with Crippen LogP contribution in [0.15, 0.2) is 5.38 Å². The summed E-state index contributed by atoms with van der Waals surface area (Å²) >= 11 is 1.72. The molecule has 1 aliphatic carbocycles. The van der Waals surface area contributed by atoms with Crippen LogP contribution in [0.5, 0.6) is 0 Å². The molecule has 2 rings (SSSR count). The summed E-state index contributed by atoms with van der Waals surface area (Å²) in [4.78, 5) is 6.93. The zero-order valence-corrected chi connectivity index (χ0v) is 12.4. The highest BCUT2D eigenvalue weighted by atomic mass is 35.5. The third-order valence-corrected chi connectivity index (χ3v) is 4.05. The van der Waals surface area contributed by atoms with E-state index in [4.69, 9.17) is 0 Å². The summed E-state index contributed by atoms with van der Waals surface area (Å²) in [5, 5.41) is 6.77. The van der Waals surface area contributed by atoms with Gasteiger partial charge in [0.25, 0.3) is 0 Å². The predicted octanol–water partition coefficient (Wildman–Crippen LogP) is 2.45. The molecule has 0 radical (unpaired) electrons. The highest BCUT2D eigenvalue weighted by Gasteiger charge is 2.28. The number of aryl methyl sites for hydroxylation is 1. The van der Waals surface area contributed by atoms with Crippen LogP contribution in [-0.2, 0) is 6.54 Å². The summed E-state index contributed by atoms with van der Waals surface area (Å²) in [6.07, 6.45) is 2.76. The molecule has 0 spiro atoms. The van der Waals surface area contributed by atoms with Gasteiger partial charge in [-0.1, -0.05) is 0 Å². The summed E-state index contributed by atoms with van der Waals surface area (Å²) in [6.45, 7) is 6.28. The normalized spacial score (nSPS) is 16.9. The van der Waals surface area contributed by atoms with Gasteiger partial charge in [0.15, 0.2) is 0 Å². The van der Waals surface area contributed by atoms with Crippen molar-refractivity contribution in [2.24, 2.45) is 0 Å². The summed E-state index contributed by atoms with van der Waals surface area (Å²) in [7, 11) is 2.23. The fraction of sp³-hybridized carbons (Fsp3) is 0.750. The van der Waals surface area contributed by atoms with Crippen molar-refractivity contribution in [3.63, 3.8) is 0 Å². The molecule has 1 N–H and O–H groups in total. The molecular weight excluding hydrogens is 254 g/mol. The Kier molecular flexibility index (Phi) is 5.86. The molecule has 98 valence electrons. The highest BCUT2D eigenvalue weighted by Crippen LogP contribution is 2.26. The Morgan fingerprint density at radius 1 is 1.59 bits per heavy atom. The Morgan fingerprint density at radius 2 is 2.29 bits per heavy atom. The third-order valence-electron chi connectivity index (χ3n) is 3.23. The van der Waals surface area contributed by atoms with E-state index in [1.54, 1.807) is 11.3 Å². The van der Waals surface area contributed by atoms with E-state index in [0.29, 0.717) is 6.04 Å². The zero-order valence-electron chi connectivity index (χ0n) is 10.8. The largest absolute Gasteiger partial charge is 0.310 e. The molecule has 1 aromatic rings. The van der Waals surface area contributed by atoms with Gasteiger partial charge in [-0.3, -0.25) is 4.90 Å². The van der Waals surface area contributed by atoms with Crippen LogP contribution in [0.4, 0.5) is 0 Å². The monoisotopic (exact) mass is 275 g/mol. The minimum Gasteiger partial charge on any atom is -0.310 e. The van der Waals surface area contributed by atoms with Gasteiger partial charge < -0.3 is 5.32 Å². The fourth-order valence-corrected chi connectivity index (χ4v) is 2.50. The van der Waals surface area contributed by atoms with Crippen LogP contribution in [0.25, 0.3) is 0 Å². The maximum Gasteiger partial charge on any atom is 0.0897 e. The van der Waals surface area contributed by atoms with Crippen LogP contribution in [-0.4, -0.2) is 35.6 Å². The van der Waals surface area contributed by atoms with E-state index in [9.17, 15) is 0 Å². The lowest BCUT2D eigenvalue weighted by molar-refractivity contribution is 0.241. The Morgan fingerprint density at radius 3 is 2.82 bits per heavy atom. The molecule has 0 aromatic carbocycles. The predicted molar refractivity (Wildman–Crippen MR) is 76.1 cm³/mol. The average molecular weight is 276 g/mol. The van der Waals surface area contributed by atoms with Crippen molar-refractivity contribution in [3.05, 3.63) is 16.1 Å². The second-order valence-corrected chi connectivity index (χ2v) is 5.80. The number of halogens is 1. The molecular formula is C12H22ClN3S. The number of nitrogens with zero attached hydrogens (tertiary/aromatic N) is 2. The quantitative estimate of drug-likeness (QED) is 0.864. The fourth-order valence-electron chi connectivity index (χ4n) is 1.88. The third kappa shape index (κ3) is 4.54. The van der Waals surface area contributed by atoms with Gasteiger partial charge in [-0.05, 0) is 33.7 Å². The van der Waals surface area contributed by atoms with Crippen LogP contribution in [0.2, 0.25) is 0 Å². The molecule has 1 atom stereocenters. The smallest absolute Gasteiger partial charge is 0.0897 e. The number of nitrogens with one attached hydrogen (secondary N) is 1. The van der Waals surface area contributed by atoms with Crippen LogP contribution < -0.4 is 5.32 Å². The molecule has 1 saturated carbocycles. The zero-order chi connectivity index (χ0) is 11.5. The van der Waals surface area contributed by atoms with Crippen molar-refractivity contribution in [3.8, 4) is 0 Å². The van der Waals surface area contributed by atoms with Crippen molar-refractivity contribution in [1.29, 1.82) is 0 Å². The lowest BCUT2D eigenvalue weighted by Gasteiger charge is -2.24. The second-order valence-electron chi connectivity index (χ2n) is 4.73. The minimum absolute atomic E-state index is 0. The number of aromatic nitrogens is 1. The maximum atomic E-state index is 4.44. The number of hydrogen-bond donors (Lipinski definition) is 1. The van der Waals surface area contributed by atoms with E-state index in [-0.39, 0.29) is 12.4 Å². The highest BCUT2D eigenvalue weighted by molar-refractivity contribution is 7.09. The van der Waals surface area contributed by atoms with Crippen molar-refractivity contribution >= 4 is 23.7 Å². The second kappa shape index (κ2) is 6.69. The summed E-state index contributed by atoms with van der Waals surface area (Å²) < 4.78 is 0. The van der Waals surface area contributed by atoms with Crippen molar-refractivity contribution in [1.82, 2.24) is 15.2 Å². The van der Waals surface area contributed by atoms with Gasteiger partial charge in [0.1, 0.15) is 0 Å². The first-order chi connectivity index (χ1) is 7.66. The van der Waals surface area contributed by atoms with Crippen LogP contribution >= 0.6 is 23.7 Å². The molecule has 3 nitrogen and oxygen atoms in total. The van der Waals surface area contributed by atoms with Crippen molar-refractivity contribution in [2.75, 3.05) is 13.6 Å². The topological polar surface area (TPSA) is 28.2 Å². The van der Waals surface area contributed by atoms with E-state index < -0.39 is 0 Å². The number of hydrogen-bond acceptors (Lipinski definition) is 4. The van der Waals surface area contributed by atoms with Crippen LogP contribution in [0.3, 0.4) is 0 Å². The summed E-state index contributed by atoms with van der Waals surface area (Å²) in [5.41, 5.74) is 1.17. The van der Waals surface area contributed by atoms with E-state index in [2.05, 4.69) is 41.5 Å². The van der Waals surface area contributed by atoms with Crippen LogP contribution in [0, 0.1) is 6.92 Å². The molecule has 1 aromatic heterocycles.